The average Bonchev–Trinajstić information content (AvgIpc) is 2.70. The fourth-order valence-electron chi connectivity index (χ4n) is 3.21. The highest BCUT2D eigenvalue weighted by Crippen LogP contribution is 2.25. The van der Waals surface area contributed by atoms with Crippen LogP contribution in [0.5, 0.6) is 0 Å². The Balaban J connectivity index is 1.95. The molecule has 2 unspecified atom stereocenters. The van der Waals surface area contributed by atoms with Gasteiger partial charge in [-0.3, -0.25) is 9.59 Å². The molecule has 108 valence electrons. The minimum absolute atomic E-state index is 0.105. The van der Waals surface area contributed by atoms with Crippen LogP contribution in [0.2, 0.25) is 0 Å². The van der Waals surface area contributed by atoms with Crippen molar-refractivity contribution in [1.29, 1.82) is 0 Å². The van der Waals surface area contributed by atoms with Crippen LogP contribution in [0, 0.1) is 11.8 Å². The molecule has 2 atom stereocenters. The fraction of sp³-hybridized carbons (Fsp3) is 0.867. The summed E-state index contributed by atoms with van der Waals surface area (Å²) < 4.78 is 0. The molecule has 2 saturated heterocycles. The zero-order valence-corrected chi connectivity index (χ0v) is 12.4. The summed E-state index contributed by atoms with van der Waals surface area (Å²) in [6, 6.07) is 0.343. The van der Waals surface area contributed by atoms with Crippen molar-refractivity contribution in [2.24, 2.45) is 11.8 Å². The quantitative estimate of drug-likeness (QED) is 0.782. The van der Waals surface area contributed by atoms with E-state index in [-0.39, 0.29) is 17.7 Å². The molecule has 0 aromatic heterocycles. The van der Waals surface area contributed by atoms with Crippen molar-refractivity contribution in [2.45, 2.75) is 52.5 Å². The minimum Gasteiger partial charge on any atom is -0.342 e. The highest BCUT2D eigenvalue weighted by Gasteiger charge is 2.38. The average molecular weight is 266 g/mol. The van der Waals surface area contributed by atoms with Gasteiger partial charge >= 0.3 is 0 Å². The Morgan fingerprint density at radius 3 is 2.74 bits per heavy atom. The van der Waals surface area contributed by atoms with Crippen LogP contribution < -0.4 is 0 Å². The number of amides is 2. The monoisotopic (exact) mass is 266 g/mol. The molecule has 2 amide bonds. The molecule has 2 fully saturated rings. The molecule has 2 heterocycles. The molecular weight excluding hydrogens is 240 g/mol. The Kier molecular flexibility index (Phi) is 4.48. The zero-order chi connectivity index (χ0) is 14.0. The van der Waals surface area contributed by atoms with E-state index in [1.807, 2.05) is 9.80 Å². The van der Waals surface area contributed by atoms with Gasteiger partial charge in [0.2, 0.25) is 11.8 Å². The van der Waals surface area contributed by atoms with E-state index >= 15 is 0 Å². The van der Waals surface area contributed by atoms with Crippen LogP contribution >= 0.6 is 0 Å². The second-order valence-corrected chi connectivity index (χ2v) is 6.47. The molecule has 19 heavy (non-hydrogen) atoms. The number of carbonyl (C=O) groups excluding carboxylic acids is 2. The SMILES string of the molecule is CC(C)CN1CC(C(=O)N2CCCCC2C)CC1=O. The normalized spacial score (nSPS) is 28.3. The zero-order valence-electron chi connectivity index (χ0n) is 12.4. The summed E-state index contributed by atoms with van der Waals surface area (Å²) >= 11 is 0. The highest BCUT2D eigenvalue weighted by molar-refractivity contribution is 5.89. The van der Waals surface area contributed by atoms with Crippen LogP contribution in [0.3, 0.4) is 0 Å². The second kappa shape index (κ2) is 5.93. The Bertz CT molecular complexity index is 354. The molecule has 4 heteroatoms. The first-order valence-electron chi connectivity index (χ1n) is 7.57. The Hall–Kier alpha value is -1.06. The van der Waals surface area contributed by atoms with E-state index in [1.54, 1.807) is 0 Å². The largest absolute Gasteiger partial charge is 0.342 e. The molecule has 0 aromatic rings. The summed E-state index contributed by atoms with van der Waals surface area (Å²) in [5, 5.41) is 0. The van der Waals surface area contributed by atoms with E-state index in [2.05, 4.69) is 20.8 Å². The van der Waals surface area contributed by atoms with E-state index in [0.29, 0.717) is 24.9 Å². The third-order valence-corrected chi connectivity index (χ3v) is 4.24. The van der Waals surface area contributed by atoms with Crippen molar-refractivity contribution in [3.05, 3.63) is 0 Å². The van der Waals surface area contributed by atoms with Gasteiger partial charge in [-0.25, -0.2) is 0 Å². The van der Waals surface area contributed by atoms with Crippen molar-refractivity contribution < 1.29 is 9.59 Å². The first-order chi connectivity index (χ1) is 8.99. The number of nitrogens with zero attached hydrogens (tertiary/aromatic N) is 2. The number of piperidine rings is 1. The van der Waals surface area contributed by atoms with E-state index in [9.17, 15) is 9.59 Å². The number of likely N-dealkylation sites (tertiary alicyclic amines) is 2. The van der Waals surface area contributed by atoms with Crippen LogP contribution in [-0.2, 0) is 9.59 Å². The number of carbonyl (C=O) groups is 2. The molecule has 0 aliphatic carbocycles. The van der Waals surface area contributed by atoms with E-state index < -0.39 is 0 Å². The lowest BCUT2D eigenvalue weighted by Gasteiger charge is -2.35. The van der Waals surface area contributed by atoms with Crippen molar-refractivity contribution in [3.8, 4) is 0 Å². The predicted molar refractivity (Wildman–Crippen MR) is 74.6 cm³/mol. The van der Waals surface area contributed by atoms with Gasteiger partial charge in [0.05, 0.1) is 5.92 Å². The summed E-state index contributed by atoms with van der Waals surface area (Å²) in [7, 11) is 0. The maximum Gasteiger partial charge on any atom is 0.228 e. The van der Waals surface area contributed by atoms with Crippen LogP contribution in [0.25, 0.3) is 0 Å². The standard InChI is InChI=1S/C15H26N2O2/c1-11(2)9-16-10-13(8-14(16)18)15(19)17-7-5-4-6-12(17)3/h11-13H,4-10H2,1-3H3. The first kappa shape index (κ1) is 14.4. The summed E-state index contributed by atoms with van der Waals surface area (Å²) in [5.41, 5.74) is 0. The maximum absolute atomic E-state index is 12.5. The van der Waals surface area contributed by atoms with Gasteiger partial charge in [0, 0.05) is 32.1 Å². The van der Waals surface area contributed by atoms with Crippen molar-refractivity contribution in [1.82, 2.24) is 9.80 Å². The molecule has 4 nitrogen and oxygen atoms in total. The molecule has 0 bridgehead atoms. The lowest BCUT2D eigenvalue weighted by molar-refractivity contribution is -0.139. The third-order valence-electron chi connectivity index (χ3n) is 4.24. The summed E-state index contributed by atoms with van der Waals surface area (Å²) in [6.07, 6.45) is 3.83. The number of hydrogen-bond donors (Lipinski definition) is 0. The fourth-order valence-corrected chi connectivity index (χ4v) is 3.21. The van der Waals surface area contributed by atoms with Crippen molar-refractivity contribution >= 4 is 11.8 Å². The Morgan fingerprint density at radius 2 is 2.11 bits per heavy atom. The van der Waals surface area contributed by atoms with E-state index in [0.717, 1.165) is 25.9 Å². The van der Waals surface area contributed by atoms with Gasteiger partial charge in [0.1, 0.15) is 0 Å². The topological polar surface area (TPSA) is 40.6 Å². The van der Waals surface area contributed by atoms with Crippen LogP contribution in [0.1, 0.15) is 46.5 Å². The van der Waals surface area contributed by atoms with Gasteiger partial charge in [-0.1, -0.05) is 13.8 Å². The smallest absolute Gasteiger partial charge is 0.228 e. The van der Waals surface area contributed by atoms with E-state index in [4.69, 9.17) is 0 Å². The van der Waals surface area contributed by atoms with Gasteiger partial charge in [-0.05, 0) is 32.1 Å². The predicted octanol–water partition coefficient (Wildman–Crippen LogP) is 1.89. The number of rotatable bonds is 3. The number of hydrogen-bond acceptors (Lipinski definition) is 2. The van der Waals surface area contributed by atoms with Crippen LogP contribution in [-0.4, -0.2) is 47.3 Å². The van der Waals surface area contributed by atoms with Crippen LogP contribution in [0.15, 0.2) is 0 Å². The van der Waals surface area contributed by atoms with Gasteiger partial charge < -0.3 is 9.80 Å². The summed E-state index contributed by atoms with van der Waals surface area (Å²) in [5.74, 6) is 0.710. The third kappa shape index (κ3) is 3.28. The lowest BCUT2D eigenvalue weighted by atomic mass is 9.99. The van der Waals surface area contributed by atoms with Gasteiger partial charge in [-0.2, -0.15) is 0 Å². The maximum atomic E-state index is 12.5. The lowest BCUT2D eigenvalue weighted by Crippen LogP contribution is -2.45. The van der Waals surface area contributed by atoms with Gasteiger partial charge in [-0.15, -0.1) is 0 Å². The van der Waals surface area contributed by atoms with Gasteiger partial charge in [0.25, 0.3) is 0 Å². The first-order valence-corrected chi connectivity index (χ1v) is 7.57. The molecule has 0 radical (unpaired) electrons. The Morgan fingerprint density at radius 1 is 1.37 bits per heavy atom. The molecule has 2 aliphatic heterocycles. The van der Waals surface area contributed by atoms with Crippen molar-refractivity contribution in [3.63, 3.8) is 0 Å². The highest BCUT2D eigenvalue weighted by atomic mass is 16.2. The molecule has 0 N–H and O–H groups in total. The van der Waals surface area contributed by atoms with Crippen LogP contribution in [0.4, 0.5) is 0 Å². The molecule has 0 aromatic carbocycles. The molecule has 0 spiro atoms. The van der Waals surface area contributed by atoms with Crippen molar-refractivity contribution in [2.75, 3.05) is 19.6 Å². The molecule has 0 saturated carbocycles. The molecule has 2 rings (SSSR count). The second-order valence-electron chi connectivity index (χ2n) is 6.47. The summed E-state index contributed by atoms with van der Waals surface area (Å²) in [6.45, 7) is 8.61. The summed E-state index contributed by atoms with van der Waals surface area (Å²) in [4.78, 5) is 28.3. The van der Waals surface area contributed by atoms with Gasteiger partial charge in [0.15, 0.2) is 0 Å². The Labute approximate surface area is 116 Å². The van der Waals surface area contributed by atoms with E-state index in [1.165, 1.54) is 6.42 Å². The minimum atomic E-state index is -0.105. The molecule has 2 aliphatic rings. The molecular formula is C15H26N2O2.